The van der Waals surface area contributed by atoms with Crippen molar-refractivity contribution in [3.8, 4) is 5.75 Å². The standard InChI is InChI=1S/C15H15BrFNO3/c1-10(13-4-3-7-20-13)18(2)15(19)9-21-14-6-5-11(16)8-12(14)17/h3-8,10H,9H2,1-2H3. The third-order valence-electron chi connectivity index (χ3n) is 3.17. The van der Waals surface area contributed by atoms with Crippen LogP contribution in [0.3, 0.4) is 0 Å². The third-order valence-corrected chi connectivity index (χ3v) is 3.67. The zero-order valence-electron chi connectivity index (χ0n) is 11.7. The van der Waals surface area contributed by atoms with Gasteiger partial charge in [-0.05, 0) is 37.3 Å². The molecule has 21 heavy (non-hydrogen) atoms. The Balaban J connectivity index is 1.95. The Kier molecular flexibility index (Phi) is 5.01. The first-order valence-corrected chi connectivity index (χ1v) is 7.15. The van der Waals surface area contributed by atoms with E-state index in [1.165, 1.54) is 17.0 Å². The minimum absolute atomic E-state index is 0.0469. The topological polar surface area (TPSA) is 42.7 Å². The highest BCUT2D eigenvalue weighted by Crippen LogP contribution is 2.22. The van der Waals surface area contributed by atoms with Crippen LogP contribution in [0.4, 0.5) is 4.39 Å². The van der Waals surface area contributed by atoms with Crippen LogP contribution in [0.2, 0.25) is 0 Å². The van der Waals surface area contributed by atoms with E-state index < -0.39 is 5.82 Å². The van der Waals surface area contributed by atoms with Gasteiger partial charge >= 0.3 is 0 Å². The van der Waals surface area contributed by atoms with Gasteiger partial charge in [-0.2, -0.15) is 0 Å². The smallest absolute Gasteiger partial charge is 0.260 e. The second-order valence-electron chi connectivity index (χ2n) is 4.56. The van der Waals surface area contributed by atoms with Gasteiger partial charge in [0.05, 0.1) is 12.3 Å². The van der Waals surface area contributed by atoms with Crippen LogP contribution in [-0.4, -0.2) is 24.5 Å². The molecular weight excluding hydrogens is 341 g/mol. The monoisotopic (exact) mass is 355 g/mol. The number of carbonyl (C=O) groups is 1. The fraction of sp³-hybridized carbons (Fsp3) is 0.267. The molecule has 0 aliphatic rings. The Morgan fingerprint density at radius 2 is 2.24 bits per heavy atom. The van der Waals surface area contributed by atoms with Gasteiger partial charge in [0.2, 0.25) is 0 Å². The van der Waals surface area contributed by atoms with Gasteiger partial charge in [0, 0.05) is 11.5 Å². The number of halogens is 2. The zero-order chi connectivity index (χ0) is 15.4. The molecule has 2 rings (SSSR count). The summed E-state index contributed by atoms with van der Waals surface area (Å²) in [5.41, 5.74) is 0. The van der Waals surface area contributed by atoms with Crippen molar-refractivity contribution in [3.05, 3.63) is 52.6 Å². The lowest BCUT2D eigenvalue weighted by Crippen LogP contribution is -2.33. The highest BCUT2D eigenvalue weighted by Gasteiger charge is 2.20. The molecule has 0 fully saturated rings. The average molecular weight is 356 g/mol. The molecule has 0 aliphatic carbocycles. The van der Waals surface area contributed by atoms with Crippen molar-refractivity contribution in [2.24, 2.45) is 0 Å². The Morgan fingerprint density at radius 1 is 1.48 bits per heavy atom. The lowest BCUT2D eigenvalue weighted by atomic mass is 10.2. The largest absolute Gasteiger partial charge is 0.481 e. The molecule has 6 heteroatoms. The molecule has 0 saturated carbocycles. The summed E-state index contributed by atoms with van der Waals surface area (Å²) in [6.07, 6.45) is 1.55. The number of carbonyl (C=O) groups excluding carboxylic acids is 1. The van der Waals surface area contributed by atoms with E-state index >= 15 is 0 Å². The lowest BCUT2D eigenvalue weighted by molar-refractivity contribution is -0.134. The van der Waals surface area contributed by atoms with Crippen molar-refractivity contribution in [2.75, 3.05) is 13.7 Å². The Hall–Kier alpha value is -1.82. The molecule has 1 heterocycles. The van der Waals surface area contributed by atoms with Crippen LogP contribution in [0, 0.1) is 5.82 Å². The van der Waals surface area contributed by atoms with Gasteiger partial charge in [-0.1, -0.05) is 15.9 Å². The van der Waals surface area contributed by atoms with Crippen LogP contribution in [-0.2, 0) is 4.79 Å². The molecule has 0 spiro atoms. The number of benzene rings is 1. The van der Waals surface area contributed by atoms with Gasteiger partial charge in [-0.3, -0.25) is 4.79 Å². The first-order valence-electron chi connectivity index (χ1n) is 6.36. The van der Waals surface area contributed by atoms with Crippen LogP contribution >= 0.6 is 15.9 Å². The van der Waals surface area contributed by atoms with E-state index in [2.05, 4.69) is 15.9 Å². The lowest BCUT2D eigenvalue weighted by Gasteiger charge is -2.23. The molecule has 112 valence electrons. The minimum Gasteiger partial charge on any atom is -0.481 e. The number of furan rings is 1. The number of hydrogen-bond acceptors (Lipinski definition) is 3. The maximum absolute atomic E-state index is 13.6. The van der Waals surface area contributed by atoms with Crippen molar-refractivity contribution in [1.82, 2.24) is 4.90 Å². The van der Waals surface area contributed by atoms with E-state index in [1.807, 2.05) is 6.92 Å². The first-order chi connectivity index (χ1) is 9.99. The molecule has 1 atom stereocenters. The zero-order valence-corrected chi connectivity index (χ0v) is 13.3. The molecule has 2 aromatic rings. The van der Waals surface area contributed by atoms with E-state index in [0.717, 1.165) is 0 Å². The predicted octanol–water partition coefficient (Wildman–Crippen LogP) is 3.78. The number of likely N-dealkylation sites (N-methyl/N-ethyl adjacent to an activating group) is 1. The van der Waals surface area contributed by atoms with Gasteiger partial charge in [0.25, 0.3) is 5.91 Å². The molecule has 0 N–H and O–H groups in total. The van der Waals surface area contributed by atoms with E-state index in [-0.39, 0.29) is 24.3 Å². The molecule has 4 nitrogen and oxygen atoms in total. The molecule has 1 aromatic carbocycles. The van der Waals surface area contributed by atoms with Crippen molar-refractivity contribution in [3.63, 3.8) is 0 Å². The Morgan fingerprint density at radius 3 is 2.86 bits per heavy atom. The quantitative estimate of drug-likeness (QED) is 0.819. The summed E-state index contributed by atoms with van der Waals surface area (Å²) >= 11 is 3.16. The molecular formula is C15H15BrFNO3. The van der Waals surface area contributed by atoms with Crippen LogP contribution in [0.5, 0.6) is 5.75 Å². The van der Waals surface area contributed by atoms with Crippen LogP contribution in [0.1, 0.15) is 18.7 Å². The van der Waals surface area contributed by atoms with Crippen molar-refractivity contribution in [2.45, 2.75) is 13.0 Å². The second kappa shape index (κ2) is 6.76. The summed E-state index contributed by atoms with van der Waals surface area (Å²) in [6.45, 7) is 1.61. The first kappa shape index (κ1) is 15.6. The van der Waals surface area contributed by atoms with Crippen molar-refractivity contribution in [1.29, 1.82) is 0 Å². The summed E-state index contributed by atoms with van der Waals surface area (Å²) < 4.78 is 24.7. The summed E-state index contributed by atoms with van der Waals surface area (Å²) in [6, 6.07) is 7.75. The van der Waals surface area contributed by atoms with Gasteiger partial charge in [0.1, 0.15) is 5.76 Å². The van der Waals surface area contributed by atoms with E-state index in [4.69, 9.17) is 9.15 Å². The van der Waals surface area contributed by atoms with Gasteiger partial charge in [0.15, 0.2) is 18.2 Å². The maximum Gasteiger partial charge on any atom is 0.260 e. The molecule has 0 saturated heterocycles. The average Bonchev–Trinajstić information content (AvgIpc) is 2.98. The molecule has 1 unspecified atom stereocenters. The summed E-state index contributed by atoms with van der Waals surface area (Å²) in [4.78, 5) is 13.6. The number of ether oxygens (including phenoxy) is 1. The fourth-order valence-corrected chi connectivity index (χ4v) is 2.10. The number of nitrogens with zero attached hydrogens (tertiary/aromatic N) is 1. The summed E-state index contributed by atoms with van der Waals surface area (Å²) in [5, 5.41) is 0. The van der Waals surface area contributed by atoms with E-state index in [9.17, 15) is 9.18 Å². The normalized spacial score (nSPS) is 12.0. The number of amides is 1. The SMILES string of the molecule is CC(c1ccco1)N(C)C(=O)COc1ccc(Br)cc1F. The van der Waals surface area contributed by atoms with Crippen LogP contribution in [0.15, 0.2) is 45.5 Å². The third kappa shape index (κ3) is 3.85. The van der Waals surface area contributed by atoms with Crippen molar-refractivity contribution < 1.29 is 18.3 Å². The molecule has 1 aromatic heterocycles. The molecule has 0 bridgehead atoms. The summed E-state index contributed by atoms with van der Waals surface area (Å²) in [7, 11) is 1.65. The Bertz CT molecular complexity index is 615. The highest BCUT2D eigenvalue weighted by molar-refractivity contribution is 9.10. The van der Waals surface area contributed by atoms with Gasteiger partial charge in [-0.15, -0.1) is 0 Å². The van der Waals surface area contributed by atoms with Crippen LogP contribution < -0.4 is 4.74 Å². The molecule has 0 radical (unpaired) electrons. The summed E-state index contributed by atoms with van der Waals surface area (Å²) in [5.74, 6) is -0.0496. The number of rotatable bonds is 5. The van der Waals surface area contributed by atoms with Gasteiger partial charge < -0.3 is 14.1 Å². The predicted molar refractivity (Wildman–Crippen MR) is 79.5 cm³/mol. The second-order valence-corrected chi connectivity index (χ2v) is 5.48. The molecule has 1 amide bonds. The van der Waals surface area contributed by atoms with Gasteiger partial charge in [-0.25, -0.2) is 4.39 Å². The fourth-order valence-electron chi connectivity index (χ4n) is 1.77. The Labute approximate surface area is 130 Å². The highest BCUT2D eigenvalue weighted by atomic mass is 79.9. The van der Waals surface area contributed by atoms with Crippen LogP contribution in [0.25, 0.3) is 0 Å². The van der Waals surface area contributed by atoms with Crippen molar-refractivity contribution >= 4 is 21.8 Å². The van der Waals surface area contributed by atoms with E-state index in [0.29, 0.717) is 10.2 Å². The minimum atomic E-state index is -0.515. The maximum atomic E-state index is 13.6. The van der Waals surface area contributed by atoms with E-state index in [1.54, 1.807) is 31.5 Å². The molecule has 0 aliphatic heterocycles. The number of hydrogen-bond donors (Lipinski definition) is 0.